The molecule has 0 aliphatic carbocycles. The molecule has 0 saturated heterocycles. The SMILES string of the molecule is COc1ccccc1NC(=O)c1cn(-c2ccccc2)nc1-c1ccc(C)cc1. The summed E-state index contributed by atoms with van der Waals surface area (Å²) in [6.45, 7) is 2.03. The van der Waals surface area contributed by atoms with E-state index in [0.29, 0.717) is 22.7 Å². The summed E-state index contributed by atoms with van der Waals surface area (Å²) in [5.74, 6) is 0.362. The number of aromatic nitrogens is 2. The predicted molar refractivity (Wildman–Crippen MR) is 115 cm³/mol. The number of anilines is 1. The minimum absolute atomic E-state index is 0.243. The van der Waals surface area contributed by atoms with Gasteiger partial charge in [0.25, 0.3) is 5.91 Å². The smallest absolute Gasteiger partial charge is 0.259 e. The molecule has 1 heterocycles. The molecule has 0 unspecified atom stereocenters. The van der Waals surface area contributed by atoms with Crippen molar-refractivity contribution in [2.75, 3.05) is 12.4 Å². The van der Waals surface area contributed by atoms with E-state index in [9.17, 15) is 4.79 Å². The molecule has 4 aromatic rings. The molecule has 144 valence electrons. The van der Waals surface area contributed by atoms with E-state index in [1.54, 1.807) is 18.0 Å². The number of rotatable bonds is 5. The Morgan fingerprint density at radius 3 is 2.34 bits per heavy atom. The van der Waals surface area contributed by atoms with Crippen LogP contribution < -0.4 is 10.1 Å². The lowest BCUT2D eigenvalue weighted by Gasteiger charge is -2.09. The first-order valence-corrected chi connectivity index (χ1v) is 9.32. The van der Waals surface area contributed by atoms with Crippen LogP contribution in [0.5, 0.6) is 5.75 Å². The molecule has 0 radical (unpaired) electrons. The van der Waals surface area contributed by atoms with Crippen LogP contribution in [0.3, 0.4) is 0 Å². The molecule has 4 rings (SSSR count). The van der Waals surface area contributed by atoms with Crippen molar-refractivity contribution in [1.29, 1.82) is 0 Å². The summed E-state index contributed by atoms with van der Waals surface area (Å²) in [4.78, 5) is 13.2. The summed E-state index contributed by atoms with van der Waals surface area (Å²) in [5, 5.41) is 7.66. The number of carbonyl (C=O) groups excluding carboxylic acids is 1. The summed E-state index contributed by atoms with van der Waals surface area (Å²) in [5.41, 5.74) is 4.65. The van der Waals surface area contributed by atoms with Gasteiger partial charge in [-0.2, -0.15) is 5.10 Å². The number of hydrogen-bond donors (Lipinski definition) is 1. The second-order valence-corrected chi connectivity index (χ2v) is 6.69. The highest BCUT2D eigenvalue weighted by Crippen LogP contribution is 2.28. The maximum atomic E-state index is 13.2. The van der Waals surface area contributed by atoms with E-state index in [1.165, 1.54) is 0 Å². The van der Waals surface area contributed by atoms with Crippen LogP contribution in [0.15, 0.2) is 85.1 Å². The lowest BCUT2D eigenvalue weighted by molar-refractivity contribution is 0.102. The molecular formula is C24H21N3O2. The van der Waals surface area contributed by atoms with Crippen LogP contribution in [0.25, 0.3) is 16.9 Å². The number of ether oxygens (including phenoxy) is 1. The van der Waals surface area contributed by atoms with Gasteiger partial charge in [0.15, 0.2) is 0 Å². The Bertz CT molecular complexity index is 1130. The summed E-state index contributed by atoms with van der Waals surface area (Å²) in [7, 11) is 1.58. The van der Waals surface area contributed by atoms with Crippen molar-refractivity contribution in [3.8, 4) is 22.7 Å². The van der Waals surface area contributed by atoms with Gasteiger partial charge < -0.3 is 10.1 Å². The highest BCUT2D eigenvalue weighted by Gasteiger charge is 2.19. The van der Waals surface area contributed by atoms with Crippen molar-refractivity contribution in [3.05, 3.63) is 96.2 Å². The van der Waals surface area contributed by atoms with Crippen LogP contribution in [0.1, 0.15) is 15.9 Å². The highest BCUT2D eigenvalue weighted by atomic mass is 16.5. The van der Waals surface area contributed by atoms with Crippen LogP contribution in [-0.4, -0.2) is 22.8 Å². The lowest BCUT2D eigenvalue weighted by Crippen LogP contribution is -2.13. The van der Waals surface area contributed by atoms with Crippen LogP contribution >= 0.6 is 0 Å². The number of nitrogens with zero attached hydrogens (tertiary/aromatic N) is 2. The van der Waals surface area contributed by atoms with Gasteiger partial charge in [-0.1, -0.05) is 60.2 Å². The summed E-state index contributed by atoms with van der Waals surface area (Å²) in [6, 6.07) is 25.1. The quantitative estimate of drug-likeness (QED) is 0.521. The molecule has 1 amide bonds. The molecule has 0 aliphatic rings. The Morgan fingerprint density at radius 1 is 0.931 bits per heavy atom. The number of hydrogen-bond acceptors (Lipinski definition) is 3. The fourth-order valence-electron chi connectivity index (χ4n) is 3.12. The minimum Gasteiger partial charge on any atom is -0.495 e. The van der Waals surface area contributed by atoms with Gasteiger partial charge in [-0.25, -0.2) is 4.68 Å². The third-order valence-corrected chi connectivity index (χ3v) is 4.66. The summed E-state index contributed by atoms with van der Waals surface area (Å²) in [6.07, 6.45) is 1.76. The van der Waals surface area contributed by atoms with Gasteiger partial charge >= 0.3 is 0 Å². The fourth-order valence-corrected chi connectivity index (χ4v) is 3.12. The number of amides is 1. The van der Waals surface area contributed by atoms with Gasteiger partial charge in [-0.15, -0.1) is 0 Å². The Kier molecular flexibility index (Phi) is 5.12. The number of carbonyl (C=O) groups is 1. The molecule has 29 heavy (non-hydrogen) atoms. The van der Waals surface area contributed by atoms with Crippen molar-refractivity contribution in [3.63, 3.8) is 0 Å². The molecule has 3 aromatic carbocycles. The minimum atomic E-state index is -0.243. The van der Waals surface area contributed by atoms with Gasteiger partial charge in [0.2, 0.25) is 0 Å². The van der Waals surface area contributed by atoms with Crippen LogP contribution in [0.4, 0.5) is 5.69 Å². The average Bonchev–Trinajstić information content (AvgIpc) is 3.21. The second kappa shape index (κ2) is 8.02. The van der Waals surface area contributed by atoms with Crippen molar-refractivity contribution < 1.29 is 9.53 Å². The molecule has 0 aliphatic heterocycles. The maximum Gasteiger partial charge on any atom is 0.259 e. The molecular weight excluding hydrogens is 362 g/mol. The van der Waals surface area contributed by atoms with Crippen molar-refractivity contribution >= 4 is 11.6 Å². The lowest BCUT2D eigenvalue weighted by atomic mass is 10.1. The third-order valence-electron chi connectivity index (χ3n) is 4.66. The average molecular weight is 383 g/mol. The maximum absolute atomic E-state index is 13.2. The number of aryl methyl sites for hydroxylation is 1. The van der Waals surface area contributed by atoms with E-state index < -0.39 is 0 Å². The van der Waals surface area contributed by atoms with Gasteiger partial charge in [0, 0.05) is 11.8 Å². The van der Waals surface area contributed by atoms with Crippen LogP contribution in [-0.2, 0) is 0 Å². The Hall–Kier alpha value is -3.86. The summed E-state index contributed by atoms with van der Waals surface area (Å²) < 4.78 is 7.08. The van der Waals surface area contributed by atoms with Crippen LogP contribution in [0.2, 0.25) is 0 Å². The molecule has 5 nitrogen and oxygen atoms in total. The van der Waals surface area contributed by atoms with Gasteiger partial charge in [0.05, 0.1) is 24.0 Å². The van der Waals surface area contributed by atoms with Gasteiger partial charge in [-0.05, 0) is 31.2 Å². The Morgan fingerprint density at radius 2 is 1.62 bits per heavy atom. The monoisotopic (exact) mass is 383 g/mol. The largest absolute Gasteiger partial charge is 0.495 e. The first kappa shape index (κ1) is 18.5. The first-order valence-electron chi connectivity index (χ1n) is 9.32. The zero-order valence-corrected chi connectivity index (χ0v) is 16.3. The molecule has 1 aromatic heterocycles. The van der Waals surface area contributed by atoms with Gasteiger partial charge in [0.1, 0.15) is 11.4 Å². The van der Waals surface area contributed by atoms with Gasteiger partial charge in [-0.3, -0.25) is 4.79 Å². The third kappa shape index (κ3) is 3.89. The van der Waals surface area contributed by atoms with Crippen molar-refractivity contribution in [1.82, 2.24) is 9.78 Å². The number of para-hydroxylation sites is 3. The molecule has 0 fully saturated rings. The second-order valence-electron chi connectivity index (χ2n) is 6.69. The van der Waals surface area contributed by atoms with E-state index >= 15 is 0 Å². The van der Waals surface area contributed by atoms with E-state index in [0.717, 1.165) is 16.8 Å². The van der Waals surface area contributed by atoms with E-state index in [-0.39, 0.29) is 5.91 Å². The predicted octanol–water partition coefficient (Wildman–Crippen LogP) is 5.11. The summed E-state index contributed by atoms with van der Waals surface area (Å²) >= 11 is 0. The van der Waals surface area contributed by atoms with E-state index in [4.69, 9.17) is 9.84 Å². The Balaban J connectivity index is 1.77. The van der Waals surface area contributed by atoms with Crippen molar-refractivity contribution in [2.45, 2.75) is 6.92 Å². The fraction of sp³-hybridized carbons (Fsp3) is 0.0833. The van der Waals surface area contributed by atoms with Crippen LogP contribution in [0, 0.1) is 6.92 Å². The zero-order chi connectivity index (χ0) is 20.2. The Labute approximate surface area is 169 Å². The topological polar surface area (TPSA) is 56.1 Å². The first-order chi connectivity index (χ1) is 14.2. The molecule has 0 bridgehead atoms. The molecule has 1 N–H and O–H groups in total. The standard InChI is InChI=1S/C24H21N3O2/c1-17-12-14-18(15-13-17)23-20(16-27(26-23)19-8-4-3-5-9-19)24(28)25-21-10-6-7-11-22(21)29-2/h3-16H,1-2H3,(H,25,28). The molecule has 5 heteroatoms. The molecule has 0 atom stereocenters. The zero-order valence-electron chi connectivity index (χ0n) is 16.3. The highest BCUT2D eigenvalue weighted by molar-refractivity contribution is 6.08. The number of methoxy groups -OCH3 is 1. The molecule has 0 spiro atoms. The molecule has 0 saturated carbocycles. The number of benzene rings is 3. The van der Waals surface area contributed by atoms with E-state index in [2.05, 4.69) is 5.32 Å². The van der Waals surface area contributed by atoms with E-state index in [1.807, 2.05) is 85.8 Å². The van der Waals surface area contributed by atoms with Crippen molar-refractivity contribution in [2.24, 2.45) is 0 Å². The number of nitrogens with one attached hydrogen (secondary N) is 1. The normalized spacial score (nSPS) is 10.6.